The van der Waals surface area contributed by atoms with Crippen molar-refractivity contribution in [2.75, 3.05) is 0 Å². The highest BCUT2D eigenvalue weighted by Gasteiger charge is 2.37. The van der Waals surface area contributed by atoms with Crippen LogP contribution in [0.15, 0.2) is 48.6 Å². The standard InChI is InChI=1S/C14H12FNO2/c15-12-6-1-2-7-13(12)18-14(17)9-4-3-5-11(14)8-10-16/h1-7,9,11,17H,8H2. The van der Waals surface area contributed by atoms with Gasteiger partial charge < -0.3 is 9.84 Å². The van der Waals surface area contributed by atoms with Gasteiger partial charge >= 0.3 is 0 Å². The van der Waals surface area contributed by atoms with E-state index in [1.807, 2.05) is 6.07 Å². The van der Waals surface area contributed by atoms with E-state index in [9.17, 15) is 9.50 Å². The first-order valence-corrected chi connectivity index (χ1v) is 5.54. The molecule has 1 aliphatic carbocycles. The van der Waals surface area contributed by atoms with Gasteiger partial charge in [0.1, 0.15) is 0 Å². The van der Waals surface area contributed by atoms with Gasteiger partial charge in [0.05, 0.1) is 12.0 Å². The Balaban J connectivity index is 2.26. The summed E-state index contributed by atoms with van der Waals surface area (Å²) in [7, 11) is 0. The van der Waals surface area contributed by atoms with E-state index in [-0.39, 0.29) is 12.2 Å². The molecule has 0 aliphatic heterocycles. The van der Waals surface area contributed by atoms with Crippen molar-refractivity contribution in [1.29, 1.82) is 5.26 Å². The monoisotopic (exact) mass is 245 g/mol. The van der Waals surface area contributed by atoms with Crippen molar-refractivity contribution in [1.82, 2.24) is 0 Å². The average molecular weight is 245 g/mol. The highest BCUT2D eigenvalue weighted by molar-refractivity contribution is 5.28. The van der Waals surface area contributed by atoms with Gasteiger partial charge in [-0.05, 0) is 18.2 Å². The number of benzene rings is 1. The van der Waals surface area contributed by atoms with Gasteiger partial charge in [0.25, 0.3) is 0 Å². The molecule has 3 nitrogen and oxygen atoms in total. The Bertz CT molecular complexity index is 533. The molecule has 1 aliphatic rings. The van der Waals surface area contributed by atoms with Gasteiger partial charge in [0, 0.05) is 6.42 Å². The fraction of sp³-hybridized carbons (Fsp3) is 0.214. The number of para-hydroxylation sites is 1. The average Bonchev–Trinajstić information content (AvgIpc) is 2.36. The SMILES string of the molecule is N#CCC1C=CC=CC1(O)Oc1ccccc1F. The quantitative estimate of drug-likeness (QED) is 0.832. The fourth-order valence-corrected chi connectivity index (χ4v) is 1.78. The summed E-state index contributed by atoms with van der Waals surface area (Å²) in [6.45, 7) is 0. The summed E-state index contributed by atoms with van der Waals surface area (Å²) in [5, 5.41) is 19.1. The van der Waals surface area contributed by atoms with E-state index in [0.29, 0.717) is 0 Å². The van der Waals surface area contributed by atoms with E-state index >= 15 is 0 Å². The van der Waals surface area contributed by atoms with Crippen molar-refractivity contribution in [3.63, 3.8) is 0 Å². The number of nitrogens with zero attached hydrogens (tertiary/aromatic N) is 1. The first-order valence-electron chi connectivity index (χ1n) is 5.54. The summed E-state index contributed by atoms with van der Waals surface area (Å²) >= 11 is 0. The van der Waals surface area contributed by atoms with Gasteiger partial charge in [-0.15, -0.1) is 0 Å². The van der Waals surface area contributed by atoms with Crippen molar-refractivity contribution in [2.24, 2.45) is 5.92 Å². The zero-order valence-corrected chi connectivity index (χ0v) is 9.58. The van der Waals surface area contributed by atoms with Crippen LogP contribution in [0.2, 0.25) is 0 Å². The molecule has 92 valence electrons. The Hall–Kier alpha value is -2.12. The topological polar surface area (TPSA) is 53.2 Å². The number of halogens is 1. The Labute approximate surface area is 104 Å². The van der Waals surface area contributed by atoms with E-state index < -0.39 is 17.5 Å². The molecule has 0 heterocycles. The predicted molar refractivity (Wildman–Crippen MR) is 64.0 cm³/mol. The first kappa shape index (κ1) is 12.3. The molecule has 0 fully saturated rings. The summed E-state index contributed by atoms with van der Waals surface area (Å²) in [5.41, 5.74) is 0. The molecule has 0 spiro atoms. The van der Waals surface area contributed by atoms with E-state index in [2.05, 4.69) is 0 Å². The highest BCUT2D eigenvalue weighted by atomic mass is 19.1. The molecule has 1 N–H and O–H groups in total. The maximum Gasteiger partial charge on any atom is 0.235 e. The third-order valence-corrected chi connectivity index (χ3v) is 2.74. The number of hydrogen-bond acceptors (Lipinski definition) is 3. The van der Waals surface area contributed by atoms with E-state index in [1.165, 1.54) is 24.3 Å². The third kappa shape index (κ3) is 2.41. The van der Waals surface area contributed by atoms with Gasteiger partial charge in [-0.25, -0.2) is 4.39 Å². The fourth-order valence-electron chi connectivity index (χ4n) is 1.78. The summed E-state index contributed by atoms with van der Waals surface area (Å²) in [6, 6.07) is 7.81. The zero-order chi connectivity index (χ0) is 13.0. The molecular formula is C14H12FNO2. The minimum atomic E-state index is -1.69. The maximum atomic E-state index is 13.5. The van der Waals surface area contributed by atoms with Crippen molar-refractivity contribution in [3.05, 3.63) is 54.4 Å². The number of allylic oxidation sites excluding steroid dienone is 2. The number of nitriles is 1. The van der Waals surface area contributed by atoms with Crippen LogP contribution < -0.4 is 4.74 Å². The van der Waals surface area contributed by atoms with Gasteiger partial charge in [0.15, 0.2) is 11.6 Å². The minimum Gasteiger partial charge on any atom is -0.455 e. The highest BCUT2D eigenvalue weighted by Crippen LogP contribution is 2.31. The molecule has 0 aromatic heterocycles. The van der Waals surface area contributed by atoms with Crippen LogP contribution >= 0.6 is 0 Å². The second-order valence-corrected chi connectivity index (χ2v) is 4.00. The Morgan fingerprint density at radius 1 is 1.39 bits per heavy atom. The second-order valence-electron chi connectivity index (χ2n) is 4.00. The molecule has 4 heteroatoms. The summed E-state index contributed by atoms with van der Waals surface area (Å²) in [6.07, 6.45) is 6.51. The third-order valence-electron chi connectivity index (χ3n) is 2.74. The van der Waals surface area contributed by atoms with Gasteiger partial charge in [-0.3, -0.25) is 0 Å². The van der Waals surface area contributed by atoms with E-state index in [1.54, 1.807) is 24.3 Å². The Morgan fingerprint density at radius 3 is 2.89 bits per heavy atom. The van der Waals surface area contributed by atoms with Crippen molar-refractivity contribution >= 4 is 0 Å². The minimum absolute atomic E-state index is 0.0390. The molecule has 0 radical (unpaired) electrons. The van der Waals surface area contributed by atoms with Crippen LogP contribution in [0.3, 0.4) is 0 Å². The first-order chi connectivity index (χ1) is 8.65. The second kappa shape index (κ2) is 5.03. The summed E-state index contributed by atoms with van der Waals surface area (Å²) in [5.74, 6) is -2.80. The summed E-state index contributed by atoms with van der Waals surface area (Å²) < 4.78 is 18.8. The van der Waals surface area contributed by atoms with Crippen LogP contribution in [0.4, 0.5) is 4.39 Å². The molecule has 0 amide bonds. The smallest absolute Gasteiger partial charge is 0.235 e. The molecule has 2 rings (SSSR count). The number of ether oxygens (including phenoxy) is 1. The molecule has 18 heavy (non-hydrogen) atoms. The van der Waals surface area contributed by atoms with Crippen molar-refractivity contribution in [3.8, 4) is 11.8 Å². The molecule has 0 saturated carbocycles. The lowest BCUT2D eigenvalue weighted by molar-refractivity contribution is -0.126. The van der Waals surface area contributed by atoms with Crippen molar-refractivity contribution in [2.45, 2.75) is 12.2 Å². The maximum absolute atomic E-state index is 13.5. The van der Waals surface area contributed by atoms with Crippen LogP contribution in [0.25, 0.3) is 0 Å². The predicted octanol–water partition coefficient (Wildman–Crippen LogP) is 2.55. The van der Waals surface area contributed by atoms with Crippen LogP contribution in [-0.2, 0) is 0 Å². The molecule has 1 aromatic carbocycles. The van der Waals surface area contributed by atoms with Gasteiger partial charge in [-0.1, -0.05) is 30.4 Å². The van der Waals surface area contributed by atoms with E-state index in [4.69, 9.17) is 10.00 Å². The zero-order valence-electron chi connectivity index (χ0n) is 9.58. The van der Waals surface area contributed by atoms with Crippen LogP contribution in [0.1, 0.15) is 6.42 Å². The van der Waals surface area contributed by atoms with Gasteiger partial charge in [-0.2, -0.15) is 5.26 Å². The largest absolute Gasteiger partial charge is 0.455 e. The molecular weight excluding hydrogens is 233 g/mol. The molecule has 0 bridgehead atoms. The lowest BCUT2D eigenvalue weighted by Crippen LogP contribution is -2.42. The number of hydrogen-bond donors (Lipinski definition) is 1. The molecule has 2 atom stereocenters. The molecule has 1 aromatic rings. The lowest BCUT2D eigenvalue weighted by Gasteiger charge is -2.32. The molecule has 0 saturated heterocycles. The normalized spacial score (nSPS) is 25.7. The van der Waals surface area contributed by atoms with Gasteiger partial charge in [0.2, 0.25) is 5.79 Å². The van der Waals surface area contributed by atoms with E-state index in [0.717, 1.165) is 0 Å². The Kier molecular flexibility index (Phi) is 3.45. The molecule has 2 unspecified atom stereocenters. The van der Waals surface area contributed by atoms with Crippen LogP contribution in [-0.4, -0.2) is 10.9 Å². The summed E-state index contributed by atoms with van der Waals surface area (Å²) in [4.78, 5) is 0. The van der Waals surface area contributed by atoms with Crippen LogP contribution in [0, 0.1) is 23.1 Å². The number of aliphatic hydroxyl groups is 1. The van der Waals surface area contributed by atoms with Crippen LogP contribution in [0.5, 0.6) is 5.75 Å². The lowest BCUT2D eigenvalue weighted by atomic mass is 9.91. The number of rotatable bonds is 3. The Morgan fingerprint density at radius 2 is 2.17 bits per heavy atom. The van der Waals surface area contributed by atoms with Crippen molar-refractivity contribution < 1.29 is 14.2 Å².